The first-order valence-corrected chi connectivity index (χ1v) is 7.54. The molecule has 5 heteroatoms. The van der Waals surface area contributed by atoms with Crippen molar-refractivity contribution in [1.82, 2.24) is 0 Å². The summed E-state index contributed by atoms with van der Waals surface area (Å²) in [7, 11) is 1.60. The SMILES string of the molecule is COc1ccc(C(Cl)Cc2c(F)cccc2Cl)c(Br)c1. The first-order chi connectivity index (χ1) is 9.52. The minimum absolute atomic E-state index is 0.317. The largest absolute Gasteiger partial charge is 0.497 e. The zero-order valence-corrected chi connectivity index (χ0v) is 13.8. The second kappa shape index (κ2) is 6.79. The van der Waals surface area contributed by atoms with E-state index in [2.05, 4.69) is 15.9 Å². The first kappa shape index (κ1) is 15.6. The maximum Gasteiger partial charge on any atom is 0.127 e. The number of alkyl halides is 1. The number of benzene rings is 2. The molecule has 0 aliphatic rings. The molecule has 0 aliphatic heterocycles. The number of hydrogen-bond donors (Lipinski definition) is 0. The van der Waals surface area contributed by atoms with Crippen molar-refractivity contribution in [2.45, 2.75) is 11.8 Å². The molecular formula is C15H12BrCl2FO. The van der Waals surface area contributed by atoms with Crippen LogP contribution in [0.15, 0.2) is 40.9 Å². The predicted octanol–water partition coefficient (Wildman–Crippen LogP) is 5.77. The Kier molecular flexibility index (Phi) is 5.30. The highest BCUT2D eigenvalue weighted by Crippen LogP contribution is 2.35. The van der Waals surface area contributed by atoms with Crippen molar-refractivity contribution >= 4 is 39.1 Å². The van der Waals surface area contributed by atoms with Gasteiger partial charge in [0.25, 0.3) is 0 Å². The van der Waals surface area contributed by atoms with Gasteiger partial charge in [-0.2, -0.15) is 0 Å². The van der Waals surface area contributed by atoms with Gasteiger partial charge in [0.05, 0.1) is 12.5 Å². The molecule has 0 saturated heterocycles. The average molecular weight is 378 g/mol. The molecule has 0 spiro atoms. The summed E-state index contributed by atoms with van der Waals surface area (Å²) >= 11 is 15.9. The van der Waals surface area contributed by atoms with Crippen LogP contribution in [0.1, 0.15) is 16.5 Å². The Bertz CT molecular complexity index is 599. The second-order valence-electron chi connectivity index (χ2n) is 4.26. The van der Waals surface area contributed by atoms with E-state index in [1.54, 1.807) is 19.2 Å². The highest BCUT2D eigenvalue weighted by molar-refractivity contribution is 9.10. The van der Waals surface area contributed by atoms with Gasteiger partial charge in [0.1, 0.15) is 11.6 Å². The topological polar surface area (TPSA) is 9.23 Å². The maximum absolute atomic E-state index is 13.8. The molecule has 106 valence electrons. The number of hydrogen-bond acceptors (Lipinski definition) is 1. The Labute approximate surface area is 135 Å². The van der Waals surface area contributed by atoms with Gasteiger partial charge in [0.15, 0.2) is 0 Å². The second-order valence-corrected chi connectivity index (χ2v) is 6.05. The molecule has 0 saturated carbocycles. The van der Waals surface area contributed by atoms with Crippen LogP contribution in [0.2, 0.25) is 5.02 Å². The standard InChI is InChI=1S/C15H12BrCl2FO/c1-20-9-5-6-10(12(16)7-9)14(18)8-11-13(17)3-2-4-15(11)19/h2-7,14H,8H2,1H3. The van der Waals surface area contributed by atoms with Gasteiger partial charge in [0, 0.05) is 15.1 Å². The van der Waals surface area contributed by atoms with Gasteiger partial charge in [-0.05, 0) is 36.2 Å². The van der Waals surface area contributed by atoms with Crippen LogP contribution in [0, 0.1) is 5.82 Å². The van der Waals surface area contributed by atoms with E-state index in [1.807, 2.05) is 18.2 Å². The average Bonchev–Trinajstić information content (AvgIpc) is 2.42. The predicted molar refractivity (Wildman–Crippen MR) is 84.4 cm³/mol. The summed E-state index contributed by atoms with van der Waals surface area (Å²) in [4.78, 5) is 0. The molecule has 2 aromatic rings. The highest BCUT2D eigenvalue weighted by atomic mass is 79.9. The molecule has 0 N–H and O–H groups in total. The number of methoxy groups -OCH3 is 1. The molecule has 1 nitrogen and oxygen atoms in total. The van der Waals surface area contributed by atoms with Crippen molar-refractivity contribution in [2.75, 3.05) is 7.11 Å². The minimum atomic E-state index is -0.385. The molecule has 1 atom stereocenters. The van der Waals surface area contributed by atoms with E-state index in [0.717, 1.165) is 15.8 Å². The molecule has 0 heterocycles. The smallest absolute Gasteiger partial charge is 0.127 e. The van der Waals surface area contributed by atoms with Gasteiger partial charge in [-0.3, -0.25) is 0 Å². The highest BCUT2D eigenvalue weighted by Gasteiger charge is 2.17. The quantitative estimate of drug-likeness (QED) is 0.614. The zero-order chi connectivity index (χ0) is 14.7. The van der Waals surface area contributed by atoms with Gasteiger partial charge >= 0.3 is 0 Å². The minimum Gasteiger partial charge on any atom is -0.497 e. The molecular weight excluding hydrogens is 366 g/mol. The number of rotatable bonds is 4. The van der Waals surface area contributed by atoms with Crippen LogP contribution >= 0.6 is 39.1 Å². The van der Waals surface area contributed by atoms with Gasteiger partial charge in [-0.15, -0.1) is 11.6 Å². The van der Waals surface area contributed by atoms with Crippen molar-refractivity contribution in [1.29, 1.82) is 0 Å². The lowest BCUT2D eigenvalue weighted by molar-refractivity contribution is 0.414. The van der Waals surface area contributed by atoms with Gasteiger partial charge in [0.2, 0.25) is 0 Å². The Morgan fingerprint density at radius 2 is 2.05 bits per heavy atom. The Balaban J connectivity index is 2.26. The van der Waals surface area contributed by atoms with Crippen molar-refractivity contribution in [3.63, 3.8) is 0 Å². The van der Waals surface area contributed by atoms with Crippen LogP contribution in [-0.2, 0) is 6.42 Å². The van der Waals surface area contributed by atoms with Crippen LogP contribution in [-0.4, -0.2) is 7.11 Å². The third-order valence-corrected chi connectivity index (χ3v) is 4.42. The molecule has 0 bridgehead atoms. The van der Waals surface area contributed by atoms with Crippen molar-refractivity contribution < 1.29 is 9.13 Å². The van der Waals surface area contributed by atoms with Crippen molar-refractivity contribution in [3.8, 4) is 5.75 Å². The molecule has 2 aromatic carbocycles. The zero-order valence-electron chi connectivity index (χ0n) is 10.7. The molecule has 0 fully saturated rings. The van der Waals surface area contributed by atoms with Crippen molar-refractivity contribution in [3.05, 3.63) is 62.8 Å². The fourth-order valence-corrected chi connectivity index (χ4v) is 3.26. The molecule has 2 rings (SSSR count). The van der Waals surface area contributed by atoms with E-state index in [0.29, 0.717) is 17.0 Å². The van der Waals surface area contributed by atoms with Crippen molar-refractivity contribution in [2.24, 2.45) is 0 Å². The Hall–Kier alpha value is -0.770. The molecule has 20 heavy (non-hydrogen) atoms. The summed E-state index contributed by atoms with van der Waals surface area (Å²) in [6, 6.07) is 10.1. The lowest BCUT2D eigenvalue weighted by Crippen LogP contribution is -2.00. The van der Waals surface area contributed by atoms with Gasteiger partial charge in [-0.1, -0.05) is 39.7 Å². The lowest BCUT2D eigenvalue weighted by Gasteiger charge is -2.14. The van der Waals surface area contributed by atoms with E-state index in [4.69, 9.17) is 27.9 Å². The summed E-state index contributed by atoms with van der Waals surface area (Å²) in [5, 5.41) is 0.00460. The monoisotopic (exact) mass is 376 g/mol. The van der Waals surface area contributed by atoms with E-state index in [1.165, 1.54) is 6.07 Å². The summed E-state index contributed by atoms with van der Waals surface area (Å²) in [5.41, 5.74) is 1.30. The van der Waals surface area contributed by atoms with Gasteiger partial charge in [-0.25, -0.2) is 4.39 Å². The summed E-state index contributed by atoms with van der Waals surface area (Å²) in [5.74, 6) is 0.390. The number of ether oxygens (including phenoxy) is 1. The molecule has 0 radical (unpaired) electrons. The van der Waals surface area contributed by atoms with Crippen LogP contribution in [0.5, 0.6) is 5.75 Å². The Morgan fingerprint density at radius 1 is 1.30 bits per heavy atom. The van der Waals surface area contributed by atoms with E-state index < -0.39 is 0 Å². The lowest BCUT2D eigenvalue weighted by atomic mass is 10.0. The molecule has 0 aromatic heterocycles. The Morgan fingerprint density at radius 3 is 2.65 bits per heavy atom. The fourth-order valence-electron chi connectivity index (χ4n) is 1.91. The normalized spacial score (nSPS) is 12.2. The van der Waals surface area contributed by atoms with Crippen LogP contribution in [0.4, 0.5) is 4.39 Å². The summed E-state index contributed by atoms with van der Waals surface area (Å²) in [6.07, 6.45) is 0.317. The van der Waals surface area contributed by atoms with Crippen LogP contribution in [0.25, 0.3) is 0 Å². The first-order valence-electron chi connectivity index (χ1n) is 5.93. The van der Waals surface area contributed by atoms with Crippen LogP contribution in [0.3, 0.4) is 0 Å². The summed E-state index contributed by atoms with van der Waals surface area (Å²) in [6.45, 7) is 0. The van der Waals surface area contributed by atoms with Gasteiger partial charge < -0.3 is 4.74 Å². The third-order valence-electron chi connectivity index (χ3n) is 2.99. The number of halogens is 4. The third kappa shape index (κ3) is 3.46. The molecule has 1 unspecified atom stereocenters. The molecule has 0 amide bonds. The fraction of sp³-hybridized carbons (Fsp3) is 0.200. The molecule has 0 aliphatic carbocycles. The van der Waals surface area contributed by atoms with Crippen LogP contribution < -0.4 is 4.74 Å². The van der Waals surface area contributed by atoms with E-state index in [-0.39, 0.29) is 11.2 Å². The van der Waals surface area contributed by atoms with E-state index >= 15 is 0 Å². The maximum atomic E-state index is 13.8. The summed E-state index contributed by atoms with van der Waals surface area (Å²) < 4.78 is 19.7. The van der Waals surface area contributed by atoms with E-state index in [9.17, 15) is 4.39 Å².